The number of benzene rings is 1. The molecule has 134 valence electrons. The van der Waals surface area contributed by atoms with Gasteiger partial charge in [0.2, 0.25) is 11.8 Å². The van der Waals surface area contributed by atoms with Crippen LogP contribution in [0.4, 0.5) is 0 Å². The van der Waals surface area contributed by atoms with Crippen LogP contribution in [0.2, 0.25) is 5.02 Å². The maximum Gasteiger partial charge on any atom is 0.242 e. The third kappa shape index (κ3) is 6.52. The Morgan fingerprint density at radius 1 is 1.08 bits per heavy atom. The fourth-order valence-corrected chi connectivity index (χ4v) is 2.42. The second-order valence-corrected chi connectivity index (χ2v) is 7.33. The number of carbonyl (C=O) groups excluding carboxylic acids is 2. The summed E-state index contributed by atoms with van der Waals surface area (Å²) in [7, 11) is 0. The van der Waals surface area contributed by atoms with Gasteiger partial charge in [0.15, 0.2) is 0 Å². The van der Waals surface area contributed by atoms with E-state index in [1.54, 1.807) is 24.0 Å². The summed E-state index contributed by atoms with van der Waals surface area (Å²) in [6.45, 7) is 10.7. The summed E-state index contributed by atoms with van der Waals surface area (Å²) in [4.78, 5) is 26.6. The normalized spacial score (nSPS) is 12.3. The number of nitrogens with zero attached hydrogens (tertiary/aromatic N) is 1. The van der Waals surface area contributed by atoms with E-state index >= 15 is 0 Å². The fraction of sp³-hybridized carbons (Fsp3) is 0.579. The summed E-state index contributed by atoms with van der Waals surface area (Å²) in [6.07, 6.45) is 0.924. The van der Waals surface area contributed by atoms with Crippen LogP contribution in [-0.2, 0) is 16.1 Å². The van der Waals surface area contributed by atoms with Crippen molar-refractivity contribution in [3.05, 3.63) is 34.9 Å². The average Bonchev–Trinajstić information content (AvgIpc) is 2.52. The molecule has 0 fully saturated rings. The lowest BCUT2D eigenvalue weighted by atomic mass is 10.1. The lowest BCUT2D eigenvalue weighted by molar-refractivity contribution is -0.143. The maximum atomic E-state index is 12.6. The van der Waals surface area contributed by atoms with E-state index in [1.165, 1.54) is 0 Å². The van der Waals surface area contributed by atoms with Crippen molar-refractivity contribution in [2.75, 3.05) is 6.54 Å². The quantitative estimate of drug-likeness (QED) is 0.772. The summed E-state index contributed by atoms with van der Waals surface area (Å²) in [5.74, 6) is 0.223. The molecule has 0 aliphatic carbocycles. The molecule has 4 nitrogen and oxygen atoms in total. The van der Waals surface area contributed by atoms with Crippen molar-refractivity contribution in [2.45, 2.75) is 53.6 Å². The largest absolute Gasteiger partial charge is 0.354 e. The van der Waals surface area contributed by atoms with Gasteiger partial charge in [0.1, 0.15) is 6.04 Å². The molecule has 0 aliphatic heterocycles. The Labute approximate surface area is 150 Å². The molecule has 0 saturated heterocycles. The molecule has 0 bridgehead atoms. The first-order chi connectivity index (χ1) is 11.2. The van der Waals surface area contributed by atoms with Crippen LogP contribution in [0.1, 0.15) is 46.6 Å². The van der Waals surface area contributed by atoms with Crippen LogP contribution in [0.15, 0.2) is 24.3 Å². The molecule has 0 spiro atoms. The Kier molecular flexibility index (Phi) is 8.26. The van der Waals surface area contributed by atoms with Crippen LogP contribution in [0.3, 0.4) is 0 Å². The second kappa shape index (κ2) is 9.67. The van der Waals surface area contributed by atoms with Crippen molar-refractivity contribution in [1.82, 2.24) is 10.2 Å². The summed E-state index contributed by atoms with van der Waals surface area (Å²) in [6, 6.07) is 6.84. The zero-order valence-corrected chi connectivity index (χ0v) is 16.1. The Morgan fingerprint density at radius 2 is 1.67 bits per heavy atom. The molecule has 1 unspecified atom stereocenters. The predicted molar refractivity (Wildman–Crippen MR) is 98.8 cm³/mol. The first-order valence-electron chi connectivity index (χ1n) is 8.55. The number of hydrogen-bond acceptors (Lipinski definition) is 2. The number of hydrogen-bond donors (Lipinski definition) is 1. The molecule has 0 aromatic heterocycles. The van der Waals surface area contributed by atoms with Crippen molar-refractivity contribution < 1.29 is 9.59 Å². The minimum absolute atomic E-state index is 0.0311. The van der Waals surface area contributed by atoms with Crippen LogP contribution in [0.25, 0.3) is 0 Å². The fourth-order valence-electron chi connectivity index (χ4n) is 2.30. The highest BCUT2D eigenvalue weighted by atomic mass is 35.5. The summed E-state index contributed by atoms with van der Waals surface area (Å²) in [5.41, 5.74) is 0.954. The van der Waals surface area contributed by atoms with Gasteiger partial charge in [-0.3, -0.25) is 9.59 Å². The molecule has 5 heteroatoms. The van der Waals surface area contributed by atoms with Crippen molar-refractivity contribution in [3.63, 3.8) is 0 Å². The Hall–Kier alpha value is -1.55. The van der Waals surface area contributed by atoms with E-state index in [0.717, 1.165) is 12.0 Å². The first kappa shape index (κ1) is 20.5. The molecule has 2 amide bonds. The van der Waals surface area contributed by atoms with E-state index in [0.29, 0.717) is 24.0 Å². The molecule has 0 saturated carbocycles. The van der Waals surface area contributed by atoms with Crippen LogP contribution in [0, 0.1) is 11.8 Å². The molecular formula is C19H29ClN2O2. The third-order valence-electron chi connectivity index (χ3n) is 3.91. The first-order valence-corrected chi connectivity index (χ1v) is 8.92. The highest BCUT2D eigenvalue weighted by Gasteiger charge is 2.27. The zero-order chi connectivity index (χ0) is 18.3. The van der Waals surface area contributed by atoms with Gasteiger partial charge in [0.05, 0.1) is 0 Å². The molecule has 0 radical (unpaired) electrons. The van der Waals surface area contributed by atoms with Gasteiger partial charge in [0, 0.05) is 24.0 Å². The topological polar surface area (TPSA) is 49.4 Å². The Morgan fingerprint density at radius 3 is 2.17 bits per heavy atom. The van der Waals surface area contributed by atoms with Crippen LogP contribution >= 0.6 is 11.6 Å². The maximum absolute atomic E-state index is 12.6. The van der Waals surface area contributed by atoms with Crippen LogP contribution in [0.5, 0.6) is 0 Å². The van der Waals surface area contributed by atoms with Gasteiger partial charge in [-0.15, -0.1) is 0 Å². The minimum atomic E-state index is -0.511. The summed E-state index contributed by atoms with van der Waals surface area (Å²) < 4.78 is 0. The minimum Gasteiger partial charge on any atom is -0.354 e. The van der Waals surface area contributed by atoms with Crippen molar-refractivity contribution >= 4 is 23.4 Å². The number of rotatable bonds is 8. The van der Waals surface area contributed by atoms with Gasteiger partial charge < -0.3 is 10.2 Å². The van der Waals surface area contributed by atoms with Crippen LogP contribution < -0.4 is 5.32 Å². The van der Waals surface area contributed by atoms with E-state index in [-0.39, 0.29) is 17.7 Å². The molecule has 1 N–H and O–H groups in total. The van der Waals surface area contributed by atoms with E-state index in [4.69, 9.17) is 11.6 Å². The highest BCUT2D eigenvalue weighted by molar-refractivity contribution is 6.30. The van der Waals surface area contributed by atoms with Gasteiger partial charge in [-0.2, -0.15) is 0 Å². The van der Waals surface area contributed by atoms with E-state index in [2.05, 4.69) is 19.2 Å². The molecule has 24 heavy (non-hydrogen) atoms. The SMILES string of the molecule is CC(C)CCNC(=O)C(C)N(Cc1ccc(Cl)cc1)C(=O)C(C)C. The van der Waals surface area contributed by atoms with E-state index in [9.17, 15) is 9.59 Å². The highest BCUT2D eigenvalue weighted by Crippen LogP contribution is 2.15. The number of carbonyl (C=O) groups is 2. The number of nitrogens with one attached hydrogen (secondary N) is 1. The lowest BCUT2D eigenvalue weighted by Gasteiger charge is -2.30. The lowest BCUT2D eigenvalue weighted by Crippen LogP contribution is -2.49. The third-order valence-corrected chi connectivity index (χ3v) is 4.16. The number of halogens is 1. The average molecular weight is 353 g/mol. The Balaban J connectivity index is 2.82. The second-order valence-electron chi connectivity index (χ2n) is 6.90. The zero-order valence-electron chi connectivity index (χ0n) is 15.3. The van der Waals surface area contributed by atoms with Crippen molar-refractivity contribution in [3.8, 4) is 0 Å². The van der Waals surface area contributed by atoms with Crippen molar-refractivity contribution in [1.29, 1.82) is 0 Å². The Bertz CT molecular complexity index is 541. The van der Waals surface area contributed by atoms with E-state index in [1.807, 2.05) is 26.0 Å². The van der Waals surface area contributed by atoms with Gasteiger partial charge in [0.25, 0.3) is 0 Å². The molecule has 0 aliphatic rings. The standard InChI is InChI=1S/C19H29ClN2O2/c1-13(2)10-11-21-18(23)15(5)22(19(24)14(3)4)12-16-6-8-17(20)9-7-16/h6-9,13-15H,10-12H2,1-5H3,(H,21,23). The molecule has 1 atom stereocenters. The molecule has 1 aromatic carbocycles. The summed E-state index contributed by atoms with van der Waals surface area (Å²) >= 11 is 5.91. The van der Waals surface area contributed by atoms with Gasteiger partial charge in [-0.25, -0.2) is 0 Å². The molecule has 0 heterocycles. The smallest absolute Gasteiger partial charge is 0.242 e. The summed E-state index contributed by atoms with van der Waals surface area (Å²) in [5, 5.41) is 3.58. The van der Waals surface area contributed by atoms with Crippen molar-refractivity contribution in [2.24, 2.45) is 11.8 Å². The monoisotopic (exact) mass is 352 g/mol. The predicted octanol–water partition coefficient (Wildman–Crippen LogP) is 3.88. The van der Waals surface area contributed by atoms with Gasteiger partial charge in [-0.05, 0) is 37.0 Å². The van der Waals surface area contributed by atoms with E-state index < -0.39 is 6.04 Å². The molecule has 1 rings (SSSR count). The van der Waals surface area contributed by atoms with Crippen LogP contribution in [-0.4, -0.2) is 29.3 Å². The van der Waals surface area contributed by atoms with Gasteiger partial charge in [-0.1, -0.05) is 51.4 Å². The molecular weight excluding hydrogens is 324 g/mol. The number of amides is 2. The van der Waals surface area contributed by atoms with Gasteiger partial charge >= 0.3 is 0 Å². The molecule has 1 aromatic rings.